The second kappa shape index (κ2) is 6.68. The number of carbonyl (C=O) groups is 2. The van der Waals surface area contributed by atoms with Gasteiger partial charge in [0, 0.05) is 18.3 Å². The largest absolute Gasteiger partial charge is 0.465 e. The Balaban J connectivity index is 2.19. The number of benzene rings is 1. The summed E-state index contributed by atoms with van der Waals surface area (Å²) in [6, 6.07) is 2.53. The molecule has 0 amide bonds. The Hall–Kier alpha value is -3.29. The second-order valence-electron chi connectivity index (χ2n) is 4.97. The molecule has 0 aliphatic carbocycles. The van der Waals surface area contributed by atoms with Gasteiger partial charge in [-0.3, -0.25) is 0 Å². The quantitative estimate of drug-likeness (QED) is 0.775. The number of halogens is 1. The van der Waals surface area contributed by atoms with Gasteiger partial charge in [-0.2, -0.15) is 0 Å². The molecule has 0 radical (unpaired) electrons. The zero-order valence-corrected chi connectivity index (χ0v) is 13.4. The number of allylic oxidation sites excluding steroid dienone is 2. The van der Waals surface area contributed by atoms with Crippen LogP contribution in [0.25, 0.3) is 0 Å². The maximum Gasteiger partial charge on any atom is 0.355 e. The molecule has 2 aliphatic heterocycles. The third-order valence-corrected chi connectivity index (χ3v) is 3.59. The lowest BCUT2D eigenvalue weighted by Crippen LogP contribution is -2.27. The van der Waals surface area contributed by atoms with E-state index in [1.807, 2.05) is 0 Å². The molecule has 0 unspecified atom stereocenters. The van der Waals surface area contributed by atoms with E-state index in [1.54, 1.807) is 6.08 Å². The summed E-state index contributed by atoms with van der Waals surface area (Å²) in [7, 11) is 2.35. The molecular formula is C17H14FNO6. The van der Waals surface area contributed by atoms with Crippen LogP contribution >= 0.6 is 0 Å². The first kappa shape index (κ1) is 16.6. The summed E-state index contributed by atoms with van der Waals surface area (Å²) in [6.45, 7) is -0.0251. The number of anilines is 1. The Morgan fingerprint density at radius 1 is 1.08 bits per heavy atom. The highest BCUT2D eigenvalue weighted by molar-refractivity contribution is 6.05. The minimum absolute atomic E-state index is 0.00833. The second-order valence-corrected chi connectivity index (χ2v) is 4.97. The van der Waals surface area contributed by atoms with Gasteiger partial charge in [0.2, 0.25) is 6.79 Å². The van der Waals surface area contributed by atoms with E-state index in [0.29, 0.717) is 5.75 Å². The third kappa shape index (κ3) is 2.93. The van der Waals surface area contributed by atoms with Gasteiger partial charge < -0.3 is 23.8 Å². The molecule has 2 heterocycles. The first-order valence-corrected chi connectivity index (χ1v) is 7.21. The summed E-state index contributed by atoms with van der Waals surface area (Å²) in [5.74, 6) is -1.66. The number of hydrogen-bond acceptors (Lipinski definition) is 7. The summed E-state index contributed by atoms with van der Waals surface area (Å²) in [5, 5.41) is 0. The molecule has 0 N–H and O–H groups in total. The lowest BCUT2D eigenvalue weighted by Gasteiger charge is -2.23. The molecule has 130 valence electrons. The van der Waals surface area contributed by atoms with E-state index < -0.39 is 17.8 Å². The first-order chi connectivity index (χ1) is 12.1. The van der Waals surface area contributed by atoms with Gasteiger partial charge in [-0.1, -0.05) is 6.08 Å². The van der Waals surface area contributed by atoms with Crippen molar-refractivity contribution in [2.24, 2.45) is 0 Å². The number of methoxy groups -OCH3 is 2. The molecule has 0 saturated carbocycles. The van der Waals surface area contributed by atoms with E-state index in [9.17, 15) is 14.0 Å². The molecule has 0 bridgehead atoms. The Bertz CT molecular complexity index is 827. The molecule has 7 nitrogen and oxygen atoms in total. The lowest BCUT2D eigenvalue weighted by atomic mass is 10.1. The number of ether oxygens (including phenoxy) is 4. The molecule has 0 fully saturated rings. The molecule has 0 atom stereocenters. The monoisotopic (exact) mass is 347 g/mol. The third-order valence-electron chi connectivity index (χ3n) is 3.59. The normalized spacial score (nSPS) is 15.2. The van der Waals surface area contributed by atoms with Gasteiger partial charge in [-0.05, 0) is 12.2 Å². The summed E-state index contributed by atoms with van der Waals surface area (Å²) in [6.07, 6.45) is 5.89. The van der Waals surface area contributed by atoms with Crippen LogP contribution < -0.4 is 14.4 Å². The maximum absolute atomic E-state index is 14.6. The predicted molar refractivity (Wildman–Crippen MR) is 84.3 cm³/mol. The van der Waals surface area contributed by atoms with E-state index in [-0.39, 0.29) is 29.5 Å². The van der Waals surface area contributed by atoms with Gasteiger partial charge in [0.25, 0.3) is 0 Å². The Kier molecular flexibility index (Phi) is 4.42. The zero-order chi connectivity index (χ0) is 18.0. The van der Waals surface area contributed by atoms with Crippen molar-refractivity contribution in [3.63, 3.8) is 0 Å². The van der Waals surface area contributed by atoms with Gasteiger partial charge in [0.05, 0.1) is 25.5 Å². The fourth-order valence-corrected chi connectivity index (χ4v) is 2.44. The molecule has 0 spiro atoms. The minimum Gasteiger partial charge on any atom is -0.465 e. The van der Waals surface area contributed by atoms with Gasteiger partial charge in [-0.25, -0.2) is 14.0 Å². The highest BCUT2D eigenvalue weighted by Crippen LogP contribution is 2.39. The van der Waals surface area contributed by atoms with Crippen LogP contribution in [0.4, 0.5) is 10.1 Å². The summed E-state index contributed by atoms with van der Waals surface area (Å²) < 4.78 is 34.4. The zero-order valence-electron chi connectivity index (χ0n) is 13.4. The number of esters is 2. The van der Waals surface area contributed by atoms with Crippen molar-refractivity contribution in [3.8, 4) is 11.5 Å². The Morgan fingerprint density at radius 2 is 1.76 bits per heavy atom. The average molecular weight is 347 g/mol. The number of rotatable bonds is 3. The predicted octanol–water partition coefficient (Wildman–Crippen LogP) is 2.04. The van der Waals surface area contributed by atoms with Crippen LogP contribution in [-0.2, 0) is 19.1 Å². The van der Waals surface area contributed by atoms with Crippen LogP contribution in [-0.4, -0.2) is 33.0 Å². The van der Waals surface area contributed by atoms with Gasteiger partial charge in [0.1, 0.15) is 5.70 Å². The van der Waals surface area contributed by atoms with Crippen molar-refractivity contribution in [2.75, 3.05) is 25.9 Å². The van der Waals surface area contributed by atoms with Crippen molar-refractivity contribution in [2.45, 2.75) is 0 Å². The topological polar surface area (TPSA) is 74.3 Å². The van der Waals surface area contributed by atoms with Crippen molar-refractivity contribution < 1.29 is 32.9 Å². The molecule has 0 saturated heterocycles. The minimum atomic E-state index is -0.825. The summed E-state index contributed by atoms with van der Waals surface area (Å²) >= 11 is 0. The molecule has 2 aliphatic rings. The molecule has 0 aromatic heterocycles. The van der Waals surface area contributed by atoms with E-state index in [1.165, 1.54) is 36.4 Å². The molecule has 8 heteroatoms. The molecule has 25 heavy (non-hydrogen) atoms. The smallest absolute Gasteiger partial charge is 0.355 e. The Labute approximate surface area is 142 Å². The lowest BCUT2D eigenvalue weighted by molar-refractivity contribution is -0.139. The number of fused-ring (bicyclic) bond motifs is 1. The average Bonchev–Trinajstić information content (AvgIpc) is 2.95. The van der Waals surface area contributed by atoms with Crippen molar-refractivity contribution >= 4 is 17.6 Å². The van der Waals surface area contributed by atoms with Crippen LogP contribution in [0.5, 0.6) is 11.5 Å². The highest BCUT2D eigenvalue weighted by atomic mass is 19.1. The summed E-state index contributed by atoms with van der Waals surface area (Å²) in [4.78, 5) is 25.6. The van der Waals surface area contributed by atoms with Gasteiger partial charge in [0.15, 0.2) is 17.3 Å². The van der Waals surface area contributed by atoms with Crippen molar-refractivity contribution in [1.29, 1.82) is 0 Å². The maximum atomic E-state index is 14.6. The van der Waals surface area contributed by atoms with Crippen LogP contribution in [0.1, 0.15) is 0 Å². The molecular weight excluding hydrogens is 333 g/mol. The van der Waals surface area contributed by atoms with Gasteiger partial charge >= 0.3 is 11.9 Å². The van der Waals surface area contributed by atoms with E-state index in [0.717, 1.165) is 13.2 Å². The van der Waals surface area contributed by atoms with Crippen molar-refractivity contribution in [1.82, 2.24) is 0 Å². The fraction of sp³-hybridized carbons (Fsp3) is 0.176. The van der Waals surface area contributed by atoms with E-state index in [2.05, 4.69) is 0 Å². The summed E-state index contributed by atoms with van der Waals surface area (Å²) in [5.41, 5.74) is -0.264. The van der Waals surface area contributed by atoms with Crippen LogP contribution in [0.15, 0.2) is 47.8 Å². The number of nitrogens with zero attached hydrogens (tertiary/aromatic N) is 1. The fourth-order valence-electron chi connectivity index (χ4n) is 2.44. The molecule has 1 aromatic rings. The standard InChI is InChI=1S/C17H14FNO6/c1-22-16(20)10-5-3-4-6-19(15(10)17(21)23-2)12-8-14-13(7-11(12)18)24-9-25-14/h3-8H,9H2,1-2H3. The molecule has 3 rings (SSSR count). The van der Waals surface area contributed by atoms with E-state index in [4.69, 9.17) is 18.9 Å². The van der Waals surface area contributed by atoms with Crippen LogP contribution in [0, 0.1) is 5.82 Å². The number of carbonyl (C=O) groups excluding carboxylic acids is 2. The highest BCUT2D eigenvalue weighted by Gasteiger charge is 2.30. The number of hydrogen-bond donors (Lipinski definition) is 0. The Morgan fingerprint density at radius 3 is 2.44 bits per heavy atom. The van der Waals surface area contributed by atoms with Crippen molar-refractivity contribution in [3.05, 3.63) is 53.6 Å². The molecule has 1 aromatic carbocycles. The SMILES string of the molecule is COC(=O)C1=C(C(=O)OC)N(c2cc3c(cc2F)OCO3)C=CC=C1. The van der Waals surface area contributed by atoms with Gasteiger partial charge in [-0.15, -0.1) is 0 Å². The first-order valence-electron chi connectivity index (χ1n) is 7.21. The van der Waals surface area contributed by atoms with Crippen LogP contribution in [0.2, 0.25) is 0 Å². The van der Waals surface area contributed by atoms with E-state index >= 15 is 0 Å². The van der Waals surface area contributed by atoms with Crippen LogP contribution in [0.3, 0.4) is 0 Å².